The van der Waals surface area contributed by atoms with Crippen LogP contribution in [0, 0.1) is 6.92 Å². The molecule has 1 amide bonds. The van der Waals surface area contributed by atoms with Crippen LogP contribution in [0.25, 0.3) is 10.8 Å². The van der Waals surface area contributed by atoms with Crippen LogP contribution in [0.5, 0.6) is 0 Å². The molecule has 3 aromatic carbocycles. The number of carbonyl (C=O) groups excluding carboxylic acids is 1. The number of nitrogens with zero attached hydrogens (tertiary/aromatic N) is 1. The highest BCUT2D eigenvalue weighted by molar-refractivity contribution is 5.97. The summed E-state index contributed by atoms with van der Waals surface area (Å²) < 4.78 is 0. The van der Waals surface area contributed by atoms with Gasteiger partial charge in [-0.1, -0.05) is 71.4 Å². The number of fused-ring (bicyclic) bond motifs is 1. The first kappa shape index (κ1) is 18.5. The van der Waals surface area contributed by atoms with E-state index in [0.717, 1.165) is 22.1 Å². The monoisotopic (exact) mass is 361 g/mol. The standard InChI is InChI=1S/C22H23N3O2/c1-15-7-9-18(10-8-15)22(23)25-27-14-21(26)24-16(2)19-12-11-17-5-3-4-6-20(17)13-19/h3-13,16H,14H2,1-2H3,(H2,23,25)(H,24,26). The highest BCUT2D eigenvalue weighted by Gasteiger charge is 2.10. The second-order valence-electron chi connectivity index (χ2n) is 6.51. The van der Waals surface area contributed by atoms with Gasteiger partial charge in [0.1, 0.15) is 0 Å². The average Bonchev–Trinajstić information content (AvgIpc) is 2.68. The molecule has 0 saturated carbocycles. The van der Waals surface area contributed by atoms with E-state index < -0.39 is 0 Å². The summed E-state index contributed by atoms with van der Waals surface area (Å²) in [4.78, 5) is 17.2. The van der Waals surface area contributed by atoms with E-state index >= 15 is 0 Å². The van der Waals surface area contributed by atoms with Gasteiger partial charge in [0.25, 0.3) is 5.91 Å². The molecule has 1 unspecified atom stereocenters. The molecule has 1 atom stereocenters. The van der Waals surface area contributed by atoms with Gasteiger partial charge >= 0.3 is 0 Å². The molecule has 0 aromatic heterocycles. The molecule has 0 aliphatic carbocycles. The molecular formula is C22H23N3O2. The minimum atomic E-state index is -0.254. The minimum Gasteiger partial charge on any atom is -0.384 e. The second-order valence-corrected chi connectivity index (χ2v) is 6.51. The van der Waals surface area contributed by atoms with Crippen molar-refractivity contribution < 1.29 is 9.63 Å². The van der Waals surface area contributed by atoms with Crippen molar-refractivity contribution in [2.75, 3.05) is 6.61 Å². The topological polar surface area (TPSA) is 76.7 Å². The third-order valence-corrected chi connectivity index (χ3v) is 4.36. The van der Waals surface area contributed by atoms with Crippen LogP contribution in [0.1, 0.15) is 29.7 Å². The fourth-order valence-corrected chi connectivity index (χ4v) is 2.78. The lowest BCUT2D eigenvalue weighted by Crippen LogP contribution is -2.30. The first-order valence-electron chi connectivity index (χ1n) is 8.83. The number of carbonyl (C=O) groups is 1. The zero-order valence-corrected chi connectivity index (χ0v) is 15.5. The maximum atomic E-state index is 12.1. The number of rotatable bonds is 6. The van der Waals surface area contributed by atoms with E-state index in [-0.39, 0.29) is 24.4 Å². The molecule has 5 heteroatoms. The lowest BCUT2D eigenvalue weighted by Gasteiger charge is -2.14. The number of nitrogens with one attached hydrogen (secondary N) is 1. The molecule has 0 bridgehead atoms. The van der Waals surface area contributed by atoms with Crippen LogP contribution in [-0.4, -0.2) is 18.3 Å². The van der Waals surface area contributed by atoms with Gasteiger partial charge < -0.3 is 15.9 Å². The third kappa shape index (κ3) is 4.85. The molecule has 3 aromatic rings. The summed E-state index contributed by atoms with van der Waals surface area (Å²) in [7, 11) is 0. The van der Waals surface area contributed by atoms with Crippen LogP contribution in [0.3, 0.4) is 0 Å². The maximum absolute atomic E-state index is 12.1. The van der Waals surface area contributed by atoms with Gasteiger partial charge in [-0.25, -0.2) is 0 Å². The van der Waals surface area contributed by atoms with Crippen molar-refractivity contribution in [2.45, 2.75) is 19.9 Å². The Hall–Kier alpha value is -3.34. The first-order valence-corrected chi connectivity index (χ1v) is 8.83. The number of oxime groups is 1. The Balaban J connectivity index is 1.55. The molecule has 0 aliphatic heterocycles. The van der Waals surface area contributed by atoms with Crippen LogP contribution in [0.15, 0.2) is 71.9 Å². The van der Waals surface area contributed by atoms with Crippen molar-refractivity contribution in [2.24, 2.45) is 10.9 Å². The first-order chi connectivity index (χ1) is 13.0. The van der Waals surface area contributed by atoms with Gasteiger partial charge in [0.15, 0.2) is 12.4 Å². The van der Waals surface area contributed by atoms with E-state index in [1.807, 2.05) is 56.3 Å². The Bertz CT molecular complexity index is 965. The molecule has 3 rings (SSSR count). The highest BCUT2D eigenvalue weighted by atomic mass is 16.6. The van der Waals surface area contributed by atoms with Crippen LogP contribution >= 0.6 is 0 Å². The molecule has 5 nitrogen and oxygen atoms in total. The number of hydrogen-bond donors (Lipinski definition) is 2. The molecule has 0 radical (unpaired) electrons. The van der Waals surface area contributed by atoms with Gasteiger partial charge in [-0.15, -0.1) is 0 Å². The Morgan fingerprint density at radius 1 is 1.07 bits per heavy atom. The SMILES string of the molecule is Cc1ccc(/C(N)=N/OCC(=O)NC(C)c2ccc3ccccc3c2)cc1. The van der Waals surface area contributed by atoms with E-state index in [1.54, 1.807) is 0 Å². The van der Waals surface area contributed by atoms with Gasteiger partial charge in [-0.2, -0.15) is 0 Å². The fraction of sp³-hybridized carbons (Fsp3) is 0.182. The van der Waals surface area contributed by atoms with Crippen LogP contribution < -0.4 is 11.1 Å². The number of amidine groups is 1. The molecule has 138 valence electrons. The highest BCUT2D eigenvalue weighted by Crippen LogP contribution is 2.20. The van der Waals surface area contributed by atoms with E-state index in [0.29, 0.717) is 0 Å². The number of hydrogen-bond acceptors (Lipinski definition) is 3. The molecule has 0 heterocycles. The average molecular weight is 361 g/mol. The van der Waals surface area contributed by atoms with Gasteiger partial charge in [0.05, 0.1) is 6.04 Å². The van der Waals surface area contributed by atoms with E-state index in [1.165, 1.54) is 5.39 Å². The van der Waals surface area contributed by atoms with Crippen molar-refractivity contribution in [3.63, 3.8) is 0 Å². The lowest BCUT2D eigenvalue weighted by atomic mass is 10.0. The Kier molecular flexibility index (Phi) is 5.71. The number of benzene rings is 3. The quantitative estimate of drug-likeness (QED) is 0.400. The van der Waals surface area contributed by atoms with E-state index in [2.05, 4.69) is 34.7 Å². The Labute approximate surface area is 158 Å². The lowest BCUT2D eigenvalue weighted by molar-refractivity contribution is -0.126. The maximum Gasteiger partial charge on any atom is 0.261 e. The fourth-order valence-electron chi connectivity index (χ4n) is 2.78. The smallest absolute Gasteiger partial charge is 0.261 e. The van der Waals surface area contributed by atoms with Crippen LogP contribution in [-0.2, 0) is 9.63 Å². The molecule has 3 N–H and O–H groups in total. The molecule has 0 spiro atoms. The normalized spacial score (nSPS) is 12.6. The van der Waals surface area contributed by atoms with E-state index in [9.17, 15) is 4.79 Å². The molecule has 0 fully saturated rings. The molecular weight excluding hydrogens is 338 g/mol. The van der Waals surface area contributed by atoms with Gasteiger partial charge in [-0.3, -0.25) is 4.79 Å². The summed E-state index contributed by atoms with van der Waals surface area (Å²) >= 11 is 0. The molecule has 27 heavy (non-hydrogen) atoms. The van der Waals surface area contributed by atoms with Crippen molar-refractivity contribution in [3.05, 3.63) is 83.4 Å². The summed E-state index contributed by atoms with van der Waals surface area (Å²) in [6.45, 7) is 3.74. The Morgan fingerprint density at radius 2 is 1.78 bits per heavy atom. The summed E-state index contributed by atoms with van der Waals surface area (Å²) in [5, 5.41) is 9.04. The predicted octanol–water partition coefficient (Wildman–Crippen LogP) is 3.66. The number of aryl methyl sites for hydroxylation is 1. The van der Waals surface area contributed by atoms with Crippen molar-refractivity contribution in [3.8, 4) is 0 Å². The molecule has 0 aliphatic rings. The van der Waals surface area contributed by atoms with Crippen LogP contribution in [0.2, 0.25) is 0 Å². The van der Waals surface area contributed by atoms with Crippen molar-refractivity contribution in [1.29, 1.82) is 0 Å². The van der Waals surface area contributed by atoms with E-state index in [4.69, 9.17) is 10.6 Å². The molecule has 0 saturated heterocycles. The number of nitrogens with two attached hydrogens (primary N) is 1. The zero-order valence-electron chi connectivity index (χ0n) is 15.5. The van der Waals surface area contributed by atoms with Crippen LogP contribution in [0.4, 0.5) is 0 Å². The summed E-state index contributed by atoms with van der Waals surface area (Å²) in [5.74, 6) is -0.0125. The third-order valence-electron chi connectivity index (χ3n) is 4.36. The summed E-state index contributed by atoms with van der Waals surface area (Å²) in [6, 6.07) is 21.7. The predicted molar refractivity (Wildman–Crippen MR) is 108 cm³/mol. The van der Waals surface area contributed by atoms with Gasteiger partial charge in [-0.05, 0) is 36.2 Å². The summed E-state index contributed by atoms with van der Waals surface area (Å²) in [6.07, 6.45) is 0. The Morgan fingerprint density at radius 3 is 2.52 bits per heavy atom. The minimum absolute atomic E-state index is 0.135. The van der Waals surface area contributed by atoms with Crippen molar-refractivity contribution in [1.82, 2.24) is 5.32 Å². The van der Waals surface area contributed by atoms with Crippen molar-refractivity contribution >= 4 is 22.5 Å². The largest absolute Gasteiger partial charge is 0.384 e. The number of amides is 1. The van der Waals surface area contributed by atoms with Gasteiger partial charge in [0, 0.05) is 5.56 Å². The van der Waals surface area contributed by atoms with Gasteiger partial charge in [0.2, 0.25) is 0 Å². The summed E-state index contributed by atoms with van der Waals surface area (Å²) in [5.41, 5.74) is 8.79. The second kappa shape index (κ2) is 8.36. The zero-order chi connectivity index (χ0) is 19.2.